The lowest BCUT2D eigenvalue weighted by Crippen LogP contribution is -2.58. The van der Waals surface area contributed by atoms with Crippen molar-refractivity contribution in [1.82, 2.24) is 0 Å². The van der Waals surface area contributed by atoms with Gasteiger partial charge in [0.2, 0.25) is 11.8 Å². The minimum absolute atomic E-state index is 0.00154. The SMILES string of the molecule is COc1cc(O)ccc1[C@H]1C2=CC[C@@H]3C(=O)N(c4ccccc4)C(=O)[C@@H]3[C@@H]2C[C@H]2C(=O)C(c3ccccc3)=CC(=O)[C@@]12c1ccccc1. The van der Waals surface area contributed by atoms with Crippen molar-refractivity contribution in [3.63, 3.8) is 0 Å². The molecule has 0 spiro atoms. The van der Waals surface area contributed by atoms with Crippen LogP contribution in [-0.4, -0.2) is 35.6 Å². The van der Waals surface area contributed by atoms with Crippen molar-refractivity contribution in [3.05, 3.63) is 144 Å². The molecule has 8 rings (SSSR count). The molecule has 238 valence electrons. The third-order valence-electron chi connectivity index (χ3n) is 10.9. The second-order valence-electron chi connectivity index (χ2n) is 13.1. The van der Waals surface area contributed by atoms with E-state index in [1.165, 1.54) is 24.2 Å². The lowest BCUT2D eigenvalue weighted by Gasteiger charge is -2.55. The lowest BCUT2D eigenvalue weighted by molar-refractivity contribution is -0.135. The molecule has 7 heteroatoms. The summed E-state index contributed by atoms with van der Waals surface area (Å²) in [5.74, 6) is -3.92. The maximum absolute atomic E-state index is 15.1. The van der Waals surface area contributed by atoms with E-state index in [4.69, 9.17) is 4.74 Å². The summed E-state index contributed by atoms with van der Waals surface area (Å²) in [5.41, 5.74) is 2.31. The number of amides is 2. The van der Waals surface area contributed by atoms with Crippen molar-refractivity contribution in [2.24, 2.45) is 23.7 Å². The molecule has 1 saturated carbocycles. The number of aromatic hydroxyl groups is 1. The van der Waals surface area contributed by atoms with E-state index in [0.717, 1.165) is 5.57 Å². The van der Waals surface area contributed by atoms with Gasteiger partial charge in [-0.15, -0.1) is 0 Å². The largest absolute Gasteiger partial charge is 0.508 e. The van der Waals surface area contributed by atoms with E-state index in [-0.39, 0.29) is 35.6 Å². The van der Waals surface area contributed by atoms with Crippen LogP contribution in [0.2, 0.25) is 0 Å². The van der Waals surface area contributed by atoms with Crippen molar-refractivity contribution in [2.45, 2.75) is 24.2 Å². The van der Waals surface area contributed by atoms with Gasteiger partial charge in [0.1, 0.15) is 11.5 Å². The zero-order valence-corrected chi connectivity index (χ0v) is 26.3. The Labute approximate surface area is 278 Å². The predicted octanol–water partition coefficient (Wildman–Crippen LogP) is 6.43. The fraction of sp³-hybridized carbons (Fsp3) is 0.220. The van der Waals surface area contributed by atoms with Crippen LogP contribution < -0.4 is 9.64 Å². The van der Waals surface area contributed by atoms with E-state index in [2.05, 4.69) is 0 Å². The lowest BCUT2D eigenvalue weighted by atomic mass is 9.44. The van der Waals surface area contributed by atoms with E-state index in [0.29, 0.717) is 40.1 Å². The summed E-state index contributed by atoms with van der Waals surface area (Å²) in [6.45, 7) is 0. The molecule has 1 saturated heterocycles. The molecule has 0 aromatic heterocycles. The minimum Gasteiger partial charge on any atom is -0.508 e. The normalized spacial score (nSPS) is 27.9. The van der Waals surface area contributed by atoms with Crippen LogP contribution in [0.3, 0.4) is 0 Å². The number of benzene rings is 4. The molecule has 1 N–H and O–H groups in total. The molecule has 1 heterocycles. The van der Waals surface area contributed by atoms with Crippen LogP contribution in [-0.2, 0) is 24.6 Å². The molecule has 4 aliphatic rings. The van der Waals surface area contributed by atoms with Gasteiger partial charge in [0, 0.05) is 29.0 Å². The maximum atomic E-state index is 15.1. The number of imide groups is 1. The smallest absolute Gasteiger partial charge is 0.238 e. The molecule has 4 aromatic carbocycles. The summed E-state index contributed by atoms with van der Waals surface area (Å²) in [5, 5.41) is 10.5. The zero-order valence-electron chi connectivity index (χ0n) is 26.3. The van der Waals surface area contributed by atoms with Crippen LogP contribution in [0.5, 0.6) is 11.5 Å². The Morgan fingerprint density at radius 2 is 1.46 bits per heavy atom. The number of methoxy groups -OCH3 is 1. The second-order valence-corrected chi connectivity index (χ2v) is 13.1. The molecular formula is C41H33NO6. The molecule has 3 aliphatic carbocycles. The van der Waals surface area contributed by atoms with Crippen molar-refractivity contribution >= 4 is 34.6 Å². The summed E-state index contributed by atoms with van der Waals surface area (Å²) < 4.78 is 5.84. The van der Waals surface area contributed by atoms with Gasteiger partial charge in [-0.05, 0) is 54.2 Å². The molecule has 0 unspecified atom stereocenters. The van der Waals surface area contributed by atoms with Gasteiger partial charge in [0.15, 0.2) is 11.6 Å². The number of nitrogens with zero attached hydrogens (tertiary/aromatic N) is 1. The van der Waals surface area contributed by atoms with Gasteiger partial charge in [-0.2, -0.15) is 0 Å². The third-order valence-corrected chi connectivity index (χ3v) is 10.9. The second kappa shape index (κ2) is 11.3. The molecule has 7 nitrogen and oxygen atoms in total. The van der Waals surface area contributed by atoms with Gasteiger partial charge < -0.3 is 9.84 Å². The van der Waals surface area contributed by atoms with E-state index < -0.39 is 35.0 Å². The maximum Gasteiger partial charge on any atom is 0.238 e. The van der Waals surface area contributed by atoms with Gasteiger partial charge in [0.25, 0.3) is 0 Å². The first-order valence-electron chi connectivity index (χ1n) is 16.3. The molecular weight excluding hydrogens is 602 g/mol. The first kappa shape index (κ1) is 29.8. The van der Waals surface area contributed by atoms with Crippen LogP contribution in [0.1, 0.15) is 35.4 Å². The summed E-state index contributed by atoms with van der Waals surface area (Å²) in [6, 6.07) is 32.4. The Morgan fingerprint density at radius 1 is 0.792 bits per heavy atom. The first-order valence-corrected chi connectivity index (χ1v) is 16.3. The van der Waals surface area contributed by atoms with E-state index in [1.54, 1.807) is 36.4 Å². The number of fused-ring (bicyclic) bond motifs is 4. The number of rotatable bonds is 5. The Kier molecular flexibility index (Phi) is 7.02. The van der Waals surface area contributed by atoms with E-state index >= 15 is 4.79 Å². The van der Waals surface area contributed by atoms with E-state index in [1.807, 2.05) is 72.8 Å². The number of hydrogen-bond donors (Lipinski definition) is 1. The number of carbonyl (C=O) groups excluding carboxylic acids is 4. The van der Waals surface area contributed by atoms with Crippen LogP contribution in [0.25, 0.3) is 5.57 Å². The number of carbonyl (C=O) groups is 4. The monoisotopic (exact) mass is 635 g/mol. The molecule has 2 fully saturated rings. The van der Waals surface area contributed by atoms with Gasteiger partial charge in [0.05, 0.1) is 30.0 Å². The predicted molar refractivity (Wildman–Crippen MR) is 180 cm³/mol. The fourth-order valence-electron chi connectivity index (χ4n) is 8.99. The number of ketones is 2. The number of hydrogen-bond acceptors (Lipinski definition) is 6. The summed E-state index contributed by atoms with van der Waals surface area (Å²) in [7, 11) is 1.51. The minimum atomic E-state index is -1.37. The molecule has 6 atom stereocenters. The van der Waals surface area contributed by atoms with Gasteiger partial charge in [-0.1, -0.05) is 96.6 Å². The fourth-order valence-corrected chi connectivity index (χ4v) is 8.99. The number of allylic oxidation sites excluding steroid dienone is 4. The van der Waals surface area contributed by atoms with Crippen LogP contribution in [0, 0.1) is 23.7 Å². The number of para-hydroxylation sites is 1. The van der Waals surface area contributed by atoms with Crippen LogP contribution >= 0.6 is 0 Å². The highest BCUT2D eigenvalue weighted by atomic mass is 16.5. The van der Waals surface area contributed by atoms with Gasteiger partial charge in [-0.3, -0.25) is 24.1 Å². The molecule has 2 amide bonds. The Morgan fingerprint density at radius 3 is 2.15 bits per heavy atom. The number of ether oxygens (including phenoxy) is 1. The quantitative estimate of drug-likeness (QED) is 0.200. The van der Waals surface area contributed by atoms with Crippen molar-refractivity contribution < 1.29 is 29.0 Å². The van der Waals surface area contributed by atoms with Crippen molar-refractivity contribution in [1.29, 1.82) is 0 Å². The number of phenolic OH excluding ortho intramolecular Hbond substituents is 1. The summed E-state index contributed by atoms with van der Waals surface area (Å²) in [6.07, 6.45) is 4.06. The zero-order chi connectivity index (χ0) is 33.2. The van der Waals surface area contributed by atoms with Crippen molar-refractivity contribution in [2.75, 3.05) is 12.0 Å². The Balaban J connectivity index is 1.39. The number of anilines is 1. The molecule has 0 radical (unpaired) electrons. The highest BCUT2D eigenvalue weighted by Gasteiger charge is 2.66. The first-order chi connectivity index (χ1) is 23.4. The molecule has 0 bridgehead atoms. The molecule has 1 aliphatic heterocycles. The van der Waals surface area contributed by atoms with Crippen molar-refractivity contribution in [3.8, 4) is 11.5 Å². The van der Waals surface area contributed by atoms with E-state index in [9.17, 15) is 19.5 Å². The summed E-state index contributed by atoms with van der Waals surface area (Å²) in [4.78, 5) is 59.7. The van der Waals surface area contributed by atoms with Crippen LogP contribution in [0.4, 0.5) is 5.69 Å². The highest BCUT2D eigenvalue weighted by molar-refractivity contribution is 6.32. The average Bonchev–Trinajstić information content (AvgIpc) is 3.39. The average molecular weight is 636 g/mol. The molecule has 48 heavy (non-hydrogen) atoms. The number of phenols is 1. The Bertz CT molecular complexity index is 2040. The van der Waals surface area contributed by atoms with Gasteiger partial charge in [-0.25, -0.2) is 0 Å². The third kappa shape index (κ3) is 4.20. The summed E-state index contributed by atoms with van der Waals surface area (Å²) >= 11 is 0. The Hall–Kier alpha value is -5.56. The molecule has 4 aromatic rings. The highest BCUT2D eigenvalue weighted by Crippen LogP contribution is 2.64. The van der Waals surface area contributed by atoms with Gasteiger partial charge >= 0.3 is 0 Å². The number of Topliss-reactive ketones (excluding diaryl/α,β-unsaturated/α-hetero) is 1. The topological polar surface area (TPSA) is 101 Å². The van der Waals surface area contributed by atoms with Crippen LogP contribution in [0.15, 0.2) is 127 Å². The standard InChI is InChI=1S/C41H33NO6/c1-48-34-21-27(43)17-18-29(34)37-28-19-20-30-36(40(47)42(39(30)46)26-15-9-4-10-16-26)32(28)22-33-38(45)31(24-11-5-2-6-12-24)23-35(44)41(33,37)25-13-7-3-8-14-25/h2-19,21,23,30,32-33,36-37,43H,20,22H2,1H3/t30-,32+,33-,36-,37+,41-/m0/s1.